The van der Waals surface area contributed by atoms with Crippen molar-refractivity contribution in [1.82, 2.24) is 0 Å². The lowest BCUT2D eigenvalue weighted by Crippen LogP contribution is -2.47. The lowest BCUT2D eigenvalue weighted by atomic mass is 9.57. The Morgan fingerprint density at radius 3 is 2.75 bits per heavy atom. The van der Waals surface area contributed by atoms with Crippen LogP contribution >= 0.6 is 0 Å². The number of carbonyl (C=O) groups is 1. The third-order valence-electron chi connectivity index (χ3n) is 4.81. The van der Waals surface area contributed by atoms with E-state index in [1.165, 1.54) is 13.5 Å². The van der Waals surface area contributed by atoms with Crippen LogP contribution in [0.25, 0.3) is 0 Å². The van der Waals surface area contributed by atoms with E-state index in [1.54, 1.807) is 0 Å². The minimum absolute atomic E-state index is 0.000926. The second kappa shape index (κ2) is 4.36. The molecule has 0 bridgehead atoms. The van der Waals surface area contributed by atoms with Gasteiger partial charge in [-0.05, 0) is 43.4 Å². The fourth-order valence-electron chi connectivity index (χ4n) is 3.67. The summed E-state index contributed by atoms with van der Waals surface area (Å²) in [6.45, 7) is 2.15. The molecule has 0 aliphatic heterocycles. The molecule has 3 heteroatoms. The molecule has 2 aliphatic carbocycles. The van der Waals surface area contributed by atoms with E-state index in [2.05, 4.69) is 6.92 Å². The number of fused-ring (bicyclic) bond motifs is 1. The van der Waals surface area contributed by atoms with Crippen molar-refractivity contribution in [2.24, 2.45) is 17.3 Å². The number of ether oxygens (including phenoxy) is 1. The SMILES string of the molecule is COC(=O)[C@H]1CC[C@H]2CCC[C@@H](O)[C@@]2(C)C1. The zero-order valence-corrected chi connectivity index (χ0v) is 10.2. The van der Waals surface area contributed by atoms with Crippen LogP contribution < -0.4 is 0 Å². The van der Waals surface area contributed by atoms with Gasteiger partial charge < -0.3 is 9.84 Å². The van der Waals surface area contributed by atoms with Crippen molar-refractivity contribution in [3.05, 3.63) is 0 Å². The van der Waals surface area contributed by atoms with Crippen molar-refractivity contribution in [3.63, 3.8) is 0 Å². The highest BCUT2D eigenvalue weighted by Gasteiger charge is 2.48. The molecule has 2 saturated carbocycles. The summed E-state index contributed by atoms with van der Waals surface area (Å²) in [5.74, 6) is 0.494. The van der Waals surface area contributed by atoms with Crippen LogP contribution in [0.15, 0.2) is 0 Å². The Morgan fingerprint density at radius 2 is 2.06 bits per heavy atom. The number of aliphatic hydroxyl groups is 1. The van der Waals surface area contributed by atoms with E-state index in [4.69, 9.17) is 4.74 Å². The molecule has 4 atom stereocenters. The van der Waals surface area contributed by atoms with Gasteiger partial charge in [0.1, 0.15) is 0 Å². The van der Waals surface area contributed by atoms with Crippen molar-refractivity contribution in [1.29, 1.82) is 0 Å². The summed E-state index contributed by atoms with van der Waals surface area (Å²) in [4.78, 5) is 11.6. The Morgan fingerprint density at radius 1 is 1.31 bits per heavy atom. The van der Waals surface area contributed by atoms with Gasteiger partial charge in [-0.1, -0.05) is 13.3 Å². The summed E-state index contributed by atoms with van der Waals surface area (Å²) in [7, 11) is 1.45. The standard InChI is InChI=1S/C13H22O3/c1-13-8-9(12(15)16-2)6-7-10(13)4-3-5-11(13)14/h9-11,14H,3-8H2,1-2H3/t9-,10+,11+,13-/m0/s1. The second-order valence-corrected chi connectivity index (χ2v) is 5.65. The predicted molar refractivity (Wildman–Crippen MR) is 60.8 cm³/mol. The Labute approximate surface area is 97.2 Å². The molecule has 3 nitrogen and oxygen atoms in total. The Balaban J connectivity index is 2.11. The van der Waals surface area contributed by atoms with Gasteiger partial charge in [0.05, 0.1) is 19.1 Å². The van der Waals surface area contributed by atoms with Gasteiger partial charge in [-0.3, -0.25) is 4.79 Å². The van der Waals surface area contributed by atoms with Gasteiger partial charge in [-0.2, -0.15) is 0 Å². The summed E-state index contributed by atoms with van der Waals surface area (Å²) in [5, 5.41) is 10.2. The first-order valence-corrected chi connectivity index (χ1v) is 6.34. The molecule has 0 heterocycles. The molecular formula is C13H22O3. The number of carbonyl (C=O) groups excluding carboxylic acids is 1. The lowest BCUT2D eigenvalue weighted by Gasteiger charge is -2.50. The molecule has 2 fully saturated rings. The van der Waals surface area contributed by atoms with Gasteiger partial charge in [-0.25, -0.2) is 0 Å². The van der Waals surface area contributed by atoms with Crippen molar-refractivity contribution in [2.45, 2.75) is 51.6 Å². The van der Waals surface area contributed by atoms with E-state index in [0.29, 0.717) is 5.92 Å². The first-order chi connectivity index (χ1) is 7.58. The monoisotopic (exact) mass is 226 g/mol. The molecule has 1 N–H and O–H groups in total. The Kier molecular flexibility index (Phi) is 3.24. The van der Waals surface area contributed by atoms with E-state index in [1.807, 2.05) is 0 Å². The minimum atomic E-state index is -0.237. The zero-order chi connectivity index (χ0) is 11.8. The van der Waals surface area contributed by atoms with Crippen LogP contribution in [0.3, 0.4) is 0 Å². The Bertz CT molecular complexity index is 276. The average Bonchev–Trinajstić information content (AvgIpc) is 2.29. The molecule has 0 amide bonds. The largest absolute Gasteiger partial charge is 0.469 e. The lowest BCUT2D eigenvalue weighted by molar-refractivity contribution is -0.153. The molecule has 2 rings (SSSR count). The van der Waals surface area contributed by atoms with E-state index >= 15 is 0 Å². The van der Waals surface area contributed by atoms with Crippen molar-refractivity contribution < 1.29 is 14.6 Å². The third-order valence-corrected chi connectivity index (χ3v) is 4.81. The second-order valence-electron chi connectivity index (χ2n) is 5.65. The van der Waals surface area contributed by atoms with E-state index in [-0.39, 0.29) is 23.4 Å². The highest BCUT2D eigenvalue weighted by Crippen LogP contribution is 2.51. The van der Waals surface area contributed by atoms with Crippen molar-refractivity contribution in [3.8, 4) is 0 Å². The number of rotatable bonds is 1. The summed E-state index contributed by atoms with van der Waals surface area (Å²) in [6, 6.07) is 0. The molecule has 2 aliphatic rings. The zero-order valence-electron chi connectivity index (χ0n) is 10.2. The van der Waals surface area contributed by atoms with Gasteiger partial charge in [0, 0.05) is 0 Å². The molecule has 0 radical (unpaired) electrons. The number of esters is 1. The molecule has 0 spiro atoms. The molecule has 0 saturated heterocycles. The molecule has 16 heavy (non-hydrogen) atoms. The number of hydrogen-bond donors (Lipinski definition) is 1. The minimum Gasteiger partial charge on any atom is -0.469 e. The van der Waals surface area contributed by atoms with E-state index in [9.17, 15) is 9.90 Å². The average molecular weight is 226 g/mol. The molecule has 0 aromatic heterocycles. The summed E-state index contributed by atoms with van der Waals surface area (Å²) < 4.78 is 4.83. The summed E-state index contributed by atoms with van der Waals surface area (Å²) >= 11 is 0. The van der Waals surface area contributed by atoms with Gasteiger partial charge in [0.15, 0.2) is 0 Å². The maximum Gasteiger partial charge on any atom is 0.308 e. The van der Waals surface area contributed by atoms with Crippen LogP contribution in [0.1, 0.15) is 45.4 Å². The van der Waals surface area contributed by atoms with Gasteiger partial charge in [0.25, 0.3) is 0 Å². The fourth-order valence-corrected chi connectivity index (χ4v) is 3.67. The molecule has 0 aromatic carbocycles. The summed E-state index contributed by atoms with van der Waals surface area (Å²) in [6.07, 6.45) is 5.78. The van der Waals surface area contributed by atoms with E-state index in [0.717, 1.165) is 32.1 Å². The highest BCUT2D eigenvalue weighted by atomic mass is 16.5. The van der Waals surface area contributed by atoms with Crippen LogP contribution in [0.2, 0.25) is 0 Å². The first kappa shape index (κ1) is 11.9. The molecule has 92 valence electrons. The molecular weight excluding hydrogens is 204 g/mol. The fraction of sp³-hybridized carbons (Fsp3) is 0.923. The van der Waals surface area contributed by atoms with Gasteiger partial charge >= 0.3 is 5.97 Å². The van der Waals surface area contributed by atoms with E-state index < -0.39 is 0 Å². The topological polar surface area (TPSA) is 46.5 Å². The highest BCUT2D eigenvalue weighted by molar-refractivity contribution is 5.72. The van der Waals surface area contributed by atoms with Crippen molar-refractivity contribution >= 4 is 5.97 Å². The quantitative estimate of drug-likeness (QED) is 0.697. The van der Waals surface area contributed by atoms with Crippen LogP contribution in [-0.2, 0) is 9.53 Å². The number of aliphatic hydroxyl groups excluding tert-OH is 1. The van der Waals surface area contributed by atoms with Crippen LogP contribution in [0.4, 0.5) is 0 Å². The maximum atomic E-state index is 11.6. The van der Waals surface area contributed by atoms with Crippen LogP contribution in [0, 0.1) is 17.3 Å². The molecule has 0 aromatic rings. The predicted octanol–water partition coefficient (Wildman–Crippen LogP) is 2.13. The van der Waals surface area contributed by atoms with Crippen molar-refractivity contribution in [2.75, 3.05) is 7.11 Å². The molecule has 0 unspecified atom stereocenters. The normalized spacial score (nSPS) is 43.6. The van der Waals surface area contributed by atoms with Gasteiger partial charge in [-0.15, -0.1) is 0 Å². The van der Waals surface area contributed by atoms with Crippen LogP contribution in [0.5, 0.6) is 0 Å². The van der Waals surface area contributed by atoms with Crippen LogP contribution in [-0.4, -0.2) is 24.3 Å². The van der Waals surface area contributed by atoms with Gasteiger partial charge in [0.2, 0.25) is 0 Å². The number of methoxy groups -OCH3 is 1. The Hall–Kier alpha value is -0.570. The first-order valence-electron chi connectivity index (χ1n) is 6.34. The maximum absolute atomic E-state index is 11.6. The summed E-state index contributed by atoms with van der Waals surface area (Å²) in [5.41, 5.74) is -0.0602. The number of hydrogen-bond acceptors (Lipinski definition) is 3. The smallest absolute Gasteiger partial charge is 0.308 e. The third kappa shape index (κ3) is 1.86.